The first-order valence-electron chi connectivity index (χ1n) is 6.60. The molecule has 2 aromatic carbocycles. The first-order valence-corrected chi connectivity index (χ1v) is 6.60. The van der Waals surface area contributed by atoms with E-state index in [-0.39, 0.29) is 0 Å². The fourth-order valence-electron chi connectivity index (χ4n) is 2.27. The largest absolute Gasteiger partial charge is 0.497 e. The van der Waals surface area contributed by atoms with Crippen molar-refractivity contribution in [1.29, 1.82) is 0 Å². The number of ether oxygens (including phenoxy) is 1. The minimum absolute atomic E-state index is 0.462. The number of methoxy groups -OCH3 is 1. The molecular formula is C16H14F2N2O. The molecule has 0 aliphatic heterocycles. The minimum atomic E-state index is -0.872. The molecule has 0 bridgehead atoms. The highest BCUT2D eigenvalue weighted by Gasteiger charge is 2.09. The summed E-state index contributed by atoms with van der Waals surface area (Å²) in [6.07, 6.45) is 2.38. The minimum Gasteiger partial charge on any atom is -0.497 e. The van der Waals surface area contributed by atoms with E-state index in [1.807, 2.05) is 28.8 Å². The molecule has 0 spiro atoms. The summed E-state index contributed by atoms with van der Waals surface area (Å²) in [5.41, 5.74) is 2.20. The monoisotopic (exact) mass is 288 g/mol. The van der Waals surface area contributed by atoms with Crippen molar-refractivity contribution < 1.29 is 13.5 Å². The van der Waals surface area contributed by atoms with Crippen molar-refractivity contribution >= 4 is 11.0 Å². The summed E-state index contributed by atoms with van der Waals surface area (Å²) in [5.74, 6) is -0.916. The summed E-state index contributed by atoms with van der Waals surface area (Å²) in [5, 5.41) is 0. The van der Waals surface area contributed by atoms with E-state index in [1.54, 1.807) is 13.4 Å². The fraction of sp³-hybridized carbons (Fsp3) is 0.188. The Balaban J connectivity index is 1.80. The van der Waals surface area contributed by atoms with E-state index < -0.39 is 11.6 Å². The average Bonchev–Trinajstić information content (AvgIpc) is 2.88. The Morgan fingerprint density at radius 2 is 1.81 bits per heavy atom. The standard InChI is InChI=1S/C16H14F2N2O/c1-21-12-4-2-11(3-5-12)6-7-20-10-19-15-8-13(17)14(18)9-16(15)20/h2-5,8-10H,6-7H2,1H3. The number of aromatic nitrogens is 2. The first kappa shape index (κ1) is 13.5. The Hall–Kier alpha value is -2.43. The van der Waals surface area contributed by atoms with E-state index in [4.69, 9.17) is 4.74 Å². The van der Waals surface area contributed by atoms with Crippen LogP contribution >= 0.6 is 0 Å². The molecule has 0 amide bonds. The van der Waals surface area contributed by atoms with Gasteiger partial charge in [-0.25, -0.2) is 13.8 Å². The molecule has 0 saturated heterocycles. The predicted octanol–water partition coefficient (Wildman–Crippen LogP) is 3.57. The molecule has 3 nitrogen and oxygen atoms in total. The van der Waals surface area contributed by atoms with Gasteiger partial charge in [0.05, 0.1) is 24.5 Å². The van der Waals surface area contributed by atoms with Crippen LogP contribution in [0.1, 0.15) is 5.56 Å². The zero-order valence-electron chi connectivity index (χ0n) is 11.5. The lowest BCUT2D eigenvalue weighted by Gasteiger charge is -2.06. The van der Waals surface area contributed by atoms with Crippen LogP contribution in [0.15, 0.2) is 42.7 Å². The number of hydrogen-bond acceptors (Lipinski definition) is 2. The maximum absolute atomic E-state index is 13.3. The van der Waals surface area contributed by atoms with Crippen molar-refractivity contribution in [3.8, 4) is 5.75 Å². The molecule has 5 heteroatoms. The Bertz CT molecular complexity index is 766. The summed E-state index contributed by atoms with van der Waals surface area (Å²) >= 11 is 0. The zero-order chi connectivity index (χ0) is 14.8. The number of nitrogens with zero attached hydrogens (tertiary/aromatic N) is 2. The third-order valence-electron chi connectivity index (χ3n) is 3.46. The van der Waals surface area contributed by atoms with Gasteiger partial charge in [0.1, 0.15) is 5.75 Å². The molecule has 0 saturated carbocycles. The van der Waals surface area contributed by atoms with Crippen molar-refractivity contribution in [3.63, 3.8) is 0 Å². The van der Waals surface area contributed by atoms with Crippen LogP contribution < -0.4 is 4.74 Å². The highest BCUT2D eigenvalue weighted by atomic mass is 19.2. The van der Waals surface area contributed by atoms with E-state index in [0.29, 0.717) is 17.6 Å². The second-order valence-corrected chi connectivity index (χ2v) is 4.79. The van der Waals surface area contributed by atoms with E-state index in [9.17, 15) is 8.78 Å². The van der Waals surface area contributed by atoms with Crippen LogP contribution in [0, 0.1) is 11.6 Å². The van der Waals surface area contributed by atoms with Crippen LogP contribution in [0.3, 0.4) is 0 Å². The number of imidazole rings is 1. The summed E-state index contributed by atoms with van der Waals surface area (Å²) in [6, 6.07) is 10.1. The van der Waals surface area contributed by atoms with Crippen LogP contribution in [-0.4, -0.2) is 16.7 Å². The van der Waals surface area contributed by atoms with E-state index in [2.05, 4.69) is 4.98 Å². The summed E-state index contributed by atoms with van der Waals surface area (Å²) in [7, 11) is 1.63. The Kier molecular flexibility index (Phi) is 3.56. The number of fused-ring (bicyclic) bond motifs is 1. The smallest absolute Gasteiger partial charge is 0.161 e. The SMILES string of the molecule is COc1ccc(CCn2cnc3cc(F)c(F)cc32)cc1. The van der Waals surface area contributed by atoms with Gasteiger partial charge in [-0.3, -0.25) is 0 Å². The average molecular weight is 288 g/mol. The van der Waals surface area contributed by atoms with Crippen LogP contribution in [0.5, 0.6) is 5.75 Å². The van der Waals surface area contributed by atoms with Crippen LogP contribution in [0.2, 0.25) is 0 Å². The third kappa shape index (κ3) is 2.72. The first-order chi connectivity index (χ1) is 10.2. The number of benzene rings is 2. The molecule has 1 aromatic heterocycles. The molecule has 0 atom stereocenters. The Morgan fingerprint density at radius 1 is 1.10 bits per heavy atom. The fourth-order valence-corrected chi connectivity index (χ4v) is 2.27. The molecule has 21 heavy (non-hydrogen) atoms. The van der Waals surface area contributed by atoms with E-state index in [0.717, 1.165) is 23.8 Å². The van der Waals surface area contributed by atoms with Gasteiger partial charge in [0.15, 0.2) is 11.6 Å². The number of hydrogen-bond donors (Lipinski definition) is 0. The number of rotatable bonds is 4. The molecule has 0 aliphatic rings. The molecule has 3 aromatic rings. The summed E-state index contributed by atoms with van der Waals surface area (Å²) in [4.78, 5) is 4.10. The number of halogens is 2. The van der Waals surface area contributed by atoms with Gasteiger partial charge in [0.25, 0.3) is 0 Å². The molecule has 0 N–H and O–H groups in total. The topological polar surface area (TPSA) is 27.1 Å². The van der Waals surface area contributed by atoms with Crippen molar-refractivity contribution in [2.24, 2.45) is 0 Å². The molecule has 0 aliphatic carbocycles. The lowest BCUT2D eigenvalue weighted by molar-refractivity contribution is 0.414. The number of aryl methyl sites for hydroxylation is 2. The summed E-state index contributed by atoms with van der Waals surface area (Å²) in [6.45, 7) is 0.647. The molecular weight excluding hydrogens is 274 g/mol. The molecule has 0 radical (unpaired) electrons. The molecule has 108 valence electrons. The van der Waals surface area contributed by atoms with Gasteiger partial charge >= 0.3 is 0 Å². The van der Waals surface area contributed by atoms with Gasteiger partial charge in [0, 0.05) is 18.7 Å². The second kappa shape index (κ2) is 5.52. The highest BCUT2D eigenvalue weighted by molar-refractivity contribution is 5.75. The lowest BCUT2D eigenvalue weighted by Crippen LogP contribution is -2.00. The van der Waals surface area contributed by atoms with Gasteiger partial charge in [-0.2, -0.15) is 0 Å². The maximum atomic E-state index is 13.3. The molecule has 0 fully saturated rings. The lowest BCUT2D eigenvalue weighted by atomic mass is 10.1. The zero-order valence-corrected chi connectivity index (χ0v) is 11.5. The van der Waals surface area contributed by atoms with Crippen LogP contribution in [0.25, 0.3) is 11.0 Å². The second-order valence-electron chi connectivity index (χ2n) is 4.79. The Morgan fingerprint density at radius 3 is 2.52 bits per heavy atom. The quantitative estimate of drug-likeness (QED) is 0.734. The van der Waals surface area contributed by atoms with Crippen molar-refractivity contribution in [2.45, 2.75) is 13.0 Å². The van der Waals surface area contributed by atoms with Crippen molar-refractivity contribution in [1.82, 2.24) is 9.55 Å². The van der Waals surface area contributed by atoms with Gasteiger partial charge in [0.2, 0.25) is 0 Å². The van der Waals surface area contributed by atoms with Gasteiger partial charge < -0.3 is 9.30 Å². The Labute approximate surface area is 120 Å². The van der Waals surface area contributed by atoms with E-state index >= 15 is 0 Å². The molecule has 3 rings (SSSR count). The van der Waals surface area contributed by atoms with Crippen molar-refractivity contribution in [2.75, 3.05) is 7.11 Å². The highest BCUT2D eigenvalue weighted by Crippen LogP contribution is 2.18. The van der Waals surface area contributed by atoms with Gasteiger partial charge in [-0.15, -0.1) is 0 Å². The van der Waals surface area contributed by atoms with Gasteiger partial charge in [-0.1, -0.05) is 12.1 Å². The normalized spacial score (nSPS) is 11.0. The van der Waals surface area contributed by atoms with Crippen molar-refractivity contribution in [3.05, 3.63) is 59.9 Å². The molecule has 1 heterocycles. The molecule has 0 unspecified atom stereocenters. The maximum Gasteiger partial charge on any atom is 0.161 e. The summed E-state index contributed by atoms with van der Waals surface area (Å²) < 4.78 is 33.4. The van der Waals surface area contributed by atoms with Crippen LogP contribution in [-0.2, 0) is 13.0 Å². The predicted molar refractivity (Wildman–Crippen MR) is 76.3 cm³/mol. The van der Waals surface area contributed by atoms with Crippen LogP contribution in [0.4, 0.5) is 8.78 Å². The van der Waals surface area contributed by atoms with E-state index in [1.165, 1.54) is 6.07 Å². The third-order valence-corrected chi connectivity index (χ3v) is 3.46. The van der Waals surface area contributed by atoms with Gasteiger partial charge in [-0.05, 0) is 24.1 Å².